The van der Waals surface area contributed by atoms with Crippen molar-refractivity contribution in [3.63, 3.8) is 0 Å². The molecule has 1 heterocycles. The lowest BCUT2D eigenvalue weighted by Gasteiger charge is -2.17. The Labute approximate surface area is 159 Å². The molecule has 0 bridgehead atoms. The molecule has 1 aromatic carbocycles. The van der Waals surface area contributed by atoms with Crippen molar-refractivity contribution in [3.8, 4) is 11.6 Å². The third kappa shape index (κ3) is 4.74. The van der Waals surface area contributed by atoms with Crippen LogP contribution in [0.5, 0.6) is 5.88 Å². The number of H-pyrrole nitrogens is 1. The van der Waals surface area contributed by atoms with E-state index < -0.39 is 11.2 Å². The van der Waals surface area contributed by atoms with Crippen molar-refractivity contribution in [1.29, 1.82) is 0 Å². The molecule has 0 aliphatic carbocycles. The fourth-order valence-electron chi connectivity index (χ4n) is 3.05. The average Bonchev–Trinajstić information content (AvgIpc) is 2.63. The molecule has 1 aromatic heterocycles. The highest BCUT2D eigenvalue weighted by Gasteiger charge is 2.18. The molecule has 0 saturated carbocycles. The lowest BCUT2D eigenvalue weighted by atomic mass is 10.1. The van der Waals surface area contributed by atoms with Crippen LogP contribution < -0.4 is 11.2 Å². The maximum absolute atomic E-state index is 12.3. The maximum Gasteiger partial charge on any atom is 0.335 e. The summed E-state index contributed by atoms with van der Waals surface area (Å²) in [5.41, 5.74) is 0.460. The van der Waals surface area contributed by atoms with Crippen LogP contribution in [0.1, 0.15) is 38.3 Å². The molecule has 0 spiro atoms. The van der Waals surface area contributed by atoms with Crippen LogP contribution in [0.4, 0.5) is 0 Å². The van der Waals surface area contributed by atoms with Crippen LogP contribution in [0.3, 0.4) is 0 Å². The van der Waals surface area contributed by atoms with Gasteiger partial charge in [-0.15, -0.1) is 0 Å². The summed E-state index contributed by atoms with van der Waals surface area (Å²) in [6.45, 7) is 11.2. The first kappa shape index (κ1) is 20.6. The van der Waals surface area contributed by atoms with E-state index in [1.807, 2.05) is 19.1 Å². The average molecular weight is 372 g/mol. The van der Waals surface area contributed by atoms with Crippen molar-refractivity contribution >= 4 is 5.71 Å². The number of aromatic amines is 1. The monoisotopic (exact) mass is 372 g/mol. The Morgan fingerprint density at radius 3 is 2.52 bits per heavy atom. The van der Waals surface area contributed by atoms with Crippen LogP contribution in [-0.2, 0) is 0 Å². The first-order chi connectivity index (χ1) is 12.9. The van der Waals surface area contributed by atoms with Gasteiger partial charge in [0.2, 0.25) is 5.88 Å². The summed E-state index contributed by atoms with van der Waals surface area (Å²) in [4.78, 5) is 33.6. The van der Waals surface area contributed by atoms with Gasteiger partial charge in [-0.1, -0.05) is 32.0 Å². The molecule has 146 valence electrons. The predicted molar refractivity (Wildman–Crippen MR) is 109 cm³/mol. The van der Waals surface area contributed by atoms with E-state index in [-0.39, 0.29) is 11.4 Å². The number of rotatable bonds is 8. The highest BCUT2D eigenvalue weighted by atomic mass is 16.3. The molecule has 0 unspecified atom stereocenters. The largest absolute Gasteiger partial charge is 0.493 e. The van der Waals surface area contributed by atoms with E-state index in [1.54, 1.807) is 19.1 Å². The number of benzene rings is 1. The van der Waals surface area contributed by atoms with E-state index in [0.29, 0.717) is 17.9 Å². The van der Waals surface area contributed by atoms with Crippen LogP contribution in [-0.4, -0.2) is 51.4 Å². The summed E-state index contributed by atoms with van der Waals surface area (Å²) in [7, 11) is 0. The standard InChI is InChI=1S/C20H28N4O3/c1-5-23(6-2)13-9-12-21-15(4)17-18(25)22-20(27)24(19(17)26)16-11-8-7-10-14(16)3/h7-8,10-11,26H,5-6,9,12-13H2,1-4H3,(H,22,25,27). The van der Waals surface area contributed by atoms with E-state index in [2.05, 4.69) is 28.7 Å². The van der Waals surface area contributed by atoms with E-state index in [1.165, 1.54) is 0 Å². The van der Waals surface area contributed by atoms with Crippen LogP contribution in [0.25, 0.3) is 5.69 Å². The molecule has 7 heteroatoms. The molecule has 7 nitrogen and oxygen atoms in total. The van der Waals surface area contributed by atoms with Crippen LogP contribution >= 0.6 is 0 Å². The third-order valence-electron chi connectivity index (χ3n) is 4.68. The summed E-state index contributed by atoms with van der Waals surface area (Å²) in [5.74, 6) is -0.386. The third-order valence-corrected chi connectivity index (χ3v) is 4.68. The fourth-order valence-corrected chi connectivity index (χ4v) is 3.05. The van der Waals surface area contributed by atoms with Crippen molar-refractivity contribution in [2.24, 2.45) is 4.99 Å². The van der Waals surface area contributed by atoms with Gasteiger partial charge in [-0.25, -0.2) is 9.36 Å². The van der Waals surface area contributed by atoms with Gasteiger partial charge in [-0.2, -0.15) is 0 Å². The zero-order valence-electron chi connectivity index (χ0n) is 16.5. The van der Waals surface area contributed by atoms with Crippen molar-refractivity contribution in [2.75, 3.05) is 26.2 Å². The van der Waals surface area contributed by atoms with Gasteiger partial charge in [0, 0.05) is 12.3 Å². The molecule has 27 heavy (non-hydrogen) atoms. The molecule has 2 rings (SSSR count). The number of aromatic nitrogens is 2. The smallest absolute Gasteiger partial charge is 0.335 e. The number of aromatic hydroxyl groups is 1. The Hall–Kier alpha value is -2.67. The maximum atomic E-state index is 12.3. The molecule has 0 aliphatic rings. The molecule has 0 aliphatic heterocycles. The van der Waals surface area contributed by atoms with E-state index in [9.17, 15) is 14.7 Å². The summed E-state index contributed by atoms with van der Waals surface area (Å²) < 4.78 is 1.11. The van der Waals surface area contributed by atoms with Gasteiger partial charge in [0.1, 0.15) is 5.56 Å². The Morgan fingerprint density at radius 1 is 1.22 bits per heavy atom. The first-order valence-electron chi connectivity index (χ1n) is 9.28. The van der Waals surface area contributed by atoms with E-state index in [0.717, 1.165) is 36.2 Å². The molecule has 2 aromatic rings. The highest BCUT2D eigenvalue weighted by molar-refractivity contribution is 6.00. The lowest BCUT2D eigenvalue weighted by Crippen LogP contribution is -2.33. The summed E-state index contributed by atoms with van der Waals surface area (Å²) >= 11 is 0. The Bertz CT molecular complexity index is 924. The zero-order valence-corrected chi connectivity index (χ0v) is 16.5. The first-order valence-corrected chi connectivity index (χ1v) is 9.28. The zero-order chi connectivity index (χ0) is 20.0. The highest BCUT2D eigenvalue weighted by Crippen LogP contribution is 2.19. The minimum atomic E-state index is -0.676. The van der Waals surface area contributed by atoms with Gasteiger partial charge in [-0.05, 0) is 51.5 Å². The molecule has 0 amide bonds. The van der Waals surface area contributed by atoms with Crippen molar-refractivity contribution in [3.05, 3.63) is 56.2 Å². The Morgan fingerprint density at radius 2 is 1.89 bits per heavy atom. The number of nitrogens with zero attached hydrogens (tertiary/aromatic N) is 3. The lowest BCUT2D eigenvalue weighted by molar-refractivity contribution is 0.302. The van der Waals surface area contributed by atoms with Crippen molar-refractivity contribution in [1.82, 2.24) is 14.5 Å². The normalized spacial score (nSPS) is 12.0. The summed E-state index contributed by atoms with van der Waals surface area (Å²) in [6.07, 6.45) is 0.856. The minimum Gasteiger partial charge on any atom is -0.493 e. The topological polar surface area (TPSA) is 90.7 Å². The van der Waals surface area contributed by atoms with Crippen LogP contribution in [0.2, 0.25) is 0 Å². The van der Waals surface area contributed by atoms with Crippen LogP contribution in [0.15, 0.2) is 38.8 Å². The Kier molecular flexibility index (Phi) is 7.12. The van der Waals surface area contributed by atoms with E-state index >= 15 is 0 Å². The number of hydrogen-bond acceptors (Lipinski definition) is 5. The van der Waals surface area contributed by atoms with Crippen molar-refractivity contribution in [2.45, 2.75) is 34.1 Å². The van der Waals surface area contributed by atoms with Gasteiger partial charge in [-0.3, -0.25) is 14.8 Å². The number of para-hydroxylation sites is 1. The van der Waals surface area contributed by atoms with Gasteiger partial charge in [0.15, 0.2) is 0 Å². The van der Waals surface area contributed by atoms with Gasteiger partial charge >= 0.3 is 5.69 Å². The van der Waals surface area contributed by atoms with Gasteiger partial charge in [0.05, 0.1) is 5.69 Å². The molecule has 0 atom stereocenters. The summed E-state index contributed by atoms with van der Waals surface area (Å²) in [5, 5.41) is 10.7. The molecular weight excluding hydrogens is 344 g/mol. The molecule has 0 fully saturated rings. The number of hydrogen-bond donors (Lipinski definition) is 2. The van der Waals surface area contributed by atoms with Gasteiger partial charge in [0.25, 0.3) is 5.56 Å². The SMILES string of the molecule is CCN(CC)CCCN=C(C)c1c(O)n(-c2ccccc2C)c(=O)[nH]c1=O. The number of aryl methyl sites for hydroxylation is 1. The number of nitrogens with one attached hydrogen (secondary N) is 1. The molecular formula is C20H28N4O3. The second-order valence-electron chi connectivity index (χ2n) is 6.43. The van der Waals surface area contributed by atoms with Gasteiger partial charge < -0.3 is 10.0 Å². The summed E-state index contributed by atoms with van der Waals surface area (Å²) in [6, 6.07) is 7.17. The molecule has 2 N–H and O–H groups in total. The second kappa shape index (κ2) is 9.32. The van der Waals surface area contributed by atoms with E-state index in [4.69, 9.17) is 0 Å². The molecule has 0 saturated heterocycles. The Balaban J connectivity index is 2.36. The van der Waals surface area contributed by atoms with Crippen molar-refractivity contribution < 1.29 is 5.11 Å². The number of aliphatic imine (C=N–C) groups is 1. The second-order valence-corrected chi connectivity index (χ2v) is 6.43. The fraction of sp³-hybridized carbons (Fsp3) is 0.450. The minimum absolute atomic E-state index is 0.0284. The molecule has 0 radical (unpaired) electrons. The quantitative estimate of drug-likeness (QED) is 0.548. The van der Waals surface area contributed by atoms with Crippen LogP contribution in [0, 0.1) is 6.92 Å². The predicted octanol–water partition coefficient (Wildman–Crippen LogP) is 2.08.